The highest BCUT2D eigenvalue weighted by molar-refractivity contribution is 6.70. The van der Waals surface area contributed by atoms with Crippen LogP contribution >= 0.6 is 0 Å². The van der Waals surface area contributed by atoms with E-state index in [2.05, 4.69) is 32.2 Å². The highest BCUT2D eigenvalue weighted by atomic mass is 28.4. The summed E-state index contributed by atoms with van der Waals surface area (Å²) < 4.78 is 5.23. The maximum Gasteiger partial charge on any atom is 0.185 e. The van der Waals surface area contributed by atoms with Gasteiger partial charge in [-0.25, -0.2) is 0 Å². The van der Waals surface area contributed by atoms with E-state index in [4.69, 9.17) is 4.43 Å². The minimum atomic E-state index is -1.15. The Morgan fingerprint density at radius 2 is 1.71 bits per heavy atom. The standard InChI is InChI=1S/C7H10.C5H14OSi/c1-2-7-4-3-6(1)5-7;1-5-7(3,4)6-2/h1-2,6-7H,3-5H2;5H2,1-4H3. The van der Waals surface area contributed by atoms with Crippen LogP contribution in [0.3, 0.4) is 0 Å². The molecule has 0 aromatic carbocycles. The third-order valence-corrected chi connectivity index (χ3v) is 6.38. The molecule has 0 N–H and O–H groups in total. The molecule has 2 bridgehead atoms. The van der Waals surface area contributed by atoms with Gasteiger partial charge in [-0.2, -0.15) is 0 Å². The van der Waals surface area contributed by atoms with Crippen molar-refractivity contribution in [2.45, 2.75) is 45.3 Å². The van der Waals surface area contributed by atoms with Crippen molar-refractivity contribution in [1.29, 1.82) is 0 Å². The molecule has 0 radical (unpaired) electrons. The van der Waals surface area contributed by atoms with Gasteiger partial charge >= 0.3 is 0 Å². The lowest BCUT2D eigenvalue weighted by Crippen LogP contribution is -2.26. The molecule has 82 valence electrons. The molecular weight excluding hydrogens is 188 g/mol. The Labute approximate surface area is 89.7 Å². The van der Waals surface area contributed by atoms with Gasteiger partial charge in [0.2, 0.25) is 0 Å². The molecule has 0 spiro atoms. The second-order valence-corrected chi connectivity index (χ2v) is 9.67. The quantitative estimate of drug-likeness (QED) is 0.499. The lowest BCUT2D eigenvalue weighted by molar-refractivity contribution is 0.405. The molecule has 1 saturated carbocycles. The third-order valence-electron chi connectivity index (χ3n) is 3.57. The van der Waals surface area contributed by atoms with Crippen LogP contribution in [0.15, 0.2) is 12.2 Å². The predicted octanol–water partition coefficient (Wildman–Crippen LogP) is 3.83. The SMILES string of the molecule is C1=CC2CCC1C2.CC[Si](C)(C)OC. The van der Waals surface area contributed by atoms with Gasteiger partial charge in [0, 0.05) is 7.11 Å². The molecule has 2 unspecified atom stereocenters. The van der Waals surface area contributed by atoms with Gasteiger partial charge in [-0.3, -0.25) is 0 Å². The highest BCUT2D eigenvalue weighted by Crippen LogP contribution is 2.38. The number of hydrogen-bond donors (Lipinski definition) is 0. The molecule has 2 aliphatic rings. The normalized spacial score (nSPS) is 28.9. The van der Waals surface area contributed by atoms with Crippen LogP contribution in [0.2, 0.25) is 19.1 Å². The van der Waals surface area contributed by atoms with Crippen LogP contribution in [0, 0.1) is 11.8 Å². The van der Waals surface area contributed by atoms with Crippen LogP contribution in [0.25, 0.3) is 0 Å². The Morgan fingerprint density at radius 3 is 1.79 bits per heavy atom. The predicted molar refractivity (Wildman–Crippen MR) is 64.9 cm³/mol. The fourth-order valence-corrected chi connectivity index (χ4v) is 2.15. The van der Waals surface area contributed by atoms with Crippen LogP contribution in [-0.4, -0.2) is 15.4 Å². The Kier molecular flexibility index (Phi) is 4.39. The first-order chi connectivity index (χ1) is 6.57. The zero-order valence-electron chi connectivity index (χ0n) is 10.0. The largest absolute Gasteiger partial charge is 0.420 e. The van der Waals surface area contributed by atoms with E-state index in [0.717, 1.165) is 11.8 Å². The third kappa shape index (κ3) is 3.58. The Balaban J connectivity index is 0.000000140. The number of hydrogen-bond acceptors (Lipinski definition) is 1. The molecule has 0 aromatic rings. The summed E-state index contributed by atoms with van der Waals surface area (Å²) >= 11 is 0. The first-order valence-electron chi connectivity index (χ1n) is 5.81. The fourth-order valence-electron chi connectivity index (χ4n) is 1.86. The maximum atomic E-state index is 5.23. The minimum Gasteiger partial charge on any atom is -0.420 e. The summed E-state index contributed by atoms with van der Waals surface area (Å²) in [6, 6.07) is 1.21. The molecule has 1 nitrogen and oxygen atoms in total. The molecule has 0 saturated heterocycles. The van der Waals surface area contributed by atoms with Crippen LogP contribution in [0.5, 0.6) is 0 Å². The number of fused-ring (bicyclic) bond motifs is 2. The van der Waals surface area contributed by atoms with Crippen molar-refractivity contribution in [1.82, 2.24) is 0 Å². The van der Waals surface area contributed by atoms with Crippen molar-refractivity contribution in [2.24, 2.45) is 11.8 Å². The van der Waals surface area contributed by atoms with E-state index in [1.807, 2.05) is 0 Å². The zero-order valence-corrected chi connectivity index (χ0v) is 11.0. The Morgan fingerprint density at radius 1 is 1.21 bits per heavy atom. The smallest absolute Gasteiger partial charge is 0.185 e. The lowest BCUT2D eigenvalue weighted by atomic mass is 10.1. The van der Waals surface area contributed by atoms with E-state index in [1.165, 1.54) is 25.3 Å². The van der Waals surface area contributed by atoms with Crippen molar-refractivity contribution < 1.29 is 4.43 Å². The molecule has 0 aromatic heterocycles. The maximum absolute atomic E-state index is 5.23. The average molecular weight is 212 g/mol. The average Bonchev–Trinajstić information content (AvgIpc) is 2.82. The van der Waals surface area contributed by atoms with E-state index in [-0.39, 0.29) is 0 Å². The number of allylic oxidation sites excluding steroid dienone is 2. The molecule has 2 aliphatic carbocycles. The van der Waals surface area contributed by atoms with Crippen molar-refractivity contribution in [3.63, 3.8) is 0 Å². The Hall–Kier alpha value is -0.0831. The summed E-state index contributed by atoms with van der Waals surface area (Å²) in [7, 11) is 0.650. The molecule has 0 amide bonds. The molecule has 0 aliphatic heterocycles. The number of rotatable bonds is 2. The van der Waals surface area contributed by atoms with Crippen molar-refractivity contribution in [3.05, 3.63) is 12.2 Å². The molecule has 2 atom stereocenters. The van der Waals surface area contributed by atoms with Gasteiger partial charge in [-0.05, 0) is 50.2 Å². The second-order valence-electron chi connectivity index (χ2n) is 5.04. The molecule has 2 heteroatoms. The zero-order chi connectivity index (χ0) is 10.6. The summed E-state index contributed by atoms with van der Waals surface area (Å²) in [6.45, 7) is 6.61. The van der Waals surface area contributed by atoms with Crippen molar-refractivity contribution in [2.75, 3.05) is 7.11 Å². The van der Waals surface area contributed by atoms with Crippen LogP contribution in [0.4, 0.5) is 0 Å². The van der Waals surface area contributed by atoms with E-state index in [1.54, 1.807) is 7.11 Å². The second kappa shape index (κ2) is 5.13. The topological polar surface area (TPSA) is 9.23 Å². The summed E-state index contributed by atoms with van der Waals surface area (Å²) in [5, 5.41) is 0. The molecule has 14 heavy (non-hydrogen) atoms. The molecule has 0 heterocycles. The van der Waals surface area contributed by atoms with Crippen LogP contribution in [-0.2, 0) is 4.43 Å². The summed E-state index contributed by atoms with van der Waals surface area (Å²) in [5.41, 5.74) is 0. The van der Waals surface area contributed by atoms with E-state index in [9.17, 15) is 0 Å². The summed E-state index contributed by atoms with van der Waals surface area (Å²) in [6.07, 6.45) is 9.19. The Bertz CT molecular complexity index is 180. The highest BCUT2D eigenvalue weighted by Gasteiger charge is 2.25. The van der Waals surface area contributed by atoms with Gasteiger partial charge in [-0.15, -0.1) is 0 Å². The van der Waals surface area contributed by atoms with E-state index < -0.39 is 8.32 Å². The van der Waals surface area contributed by atoms with Crippen molar-refractivity contribution >= 4 is 8.32 Å². The van der Waals surface area contributed by atoms with Gasteiger partial charge in [0.05, 0.1) is 0 Å². The van der Waals surface area contributed by atoms with Crippen LogP contribution in [0.1, 0.15) is 26.2 Å². The molecular formula is C12H24OSi. The van der Waals surface area contributed by atoms with Crippen LogP contribution < -0.4 is 0 Å². The molecule has 1 fully saturated rings. The summed E-state index contributed by atoms with van der Waals surface area (Å²) in [5.74, 6) is 1.98. The van der Waals surface area contributed by atoms with Gasteiger partial charge in [0.25, 0.3) is 0 Å². The summed E-state index contributed by atoms with van der Waals surface area (Å²) in [4.78, 5) is 0. The first kappa shape index (κ1) is 12.0. The monoisotopic (exact) mass is 212 g/mol. The van der Waals surface area contributed by atoms with E-state index in [0.29, 0.717) is 0 Å². The van der Waals surface area contributed by atoms with Gasteiger partial charge in [0.1, 0.15) is 0 Å². The lowest BCUT2D eigenvalue weighted by Gasteiger charge is -2.15. The minimum absolute atomic E-state index is 0.991. The van der Waals surface area contributed by atoms with Gasteiger partial charge in [0.15, 0.2) is 8.32 Å². The van der Waals surface area contributed by atoms with Crippen molar-refractivity contribution in [3.8, 4) is 0 Å². The van der Waals surface area contributed by atoms with Gasteiger partial charge in [-0.1, -0.05) is 19.1 Å². The first-order valence-corrected chi connectivity index (χ1v) is 8.92. The van der Waals surface area contributed by atoms with E-state index >= 15 is 0 Å². The van der Waals surface area contributed by atoms with Gasteiger partial charge < -0.3 is 4.43 Å². The molecule has 2 rings (SSSR count). The fraction of sp³-hybridized carbons (Fsp3) is 0.833.